The van der Waals surface area contributed by atoms with Crippen molar-refractivity contribution in [3.63, 3.8) is 0 Å². The fraction of sp³-hybridized carbons (Fsp3) is 0.909. The number of hydrogen-bond acceptors (Lipinski definition) is 4. The fourth-order valence-electron chi connectivity index (χ4n) is 1.61. The molecule has 1 unspecified atom stereocenters. The zero-order valence-electron chi connectivity index (χ0n) is 9.82. The summed E-state index contributed by atoms with van der Waals surface area (Å²) in [4.78, 5) is 16.7. The molecule has 1 rings (SSSR count). The highest BCUT2D eigenvalue weighted by atomic mass is 16.7. The lowest BCUT2D eigenvalue weighted by atomic mass is 9.93. The lowest BCUT2D eigenvalue weighted by Crippen LogP contribution is -2.40. The smallest absolute Gasteiger partial charge is 0.325 e. The van der Waals surface area contributed by atoms with Gasteiger partial charge < -0.3 is 9.94 Å². The molecule has 1 heterocycles. The molecule has 88 valence electrons. The van der Waals surface area contributed by atoms with Crippen molar-refractivity contribution >= 4 is 5.97 Å². The number of nitrogens with zero attached hydrogens (tertiary/aromatic N) is 1. The van der Waals surface area contributed by atoms with E-state index < -0.39 is 0 Å². The Morgan fingerprint density at radius 3 is 2.73 bits per heavy atom. The Bertz CT molecular complexity index is 222. The van der Waals surface area contributed by atoms with Crippen LogP contribution in [-0.2, 0) is 9.63 Å². The standard InChI is InChI=1S/C11H21NO3/c1-11(2,3)7-10(14)15-12-6-4-5-9(13)8-12/h9,13H,4-8H2,1-3H3. The van der Waals surface area contributed by atoms with Crippen LogP contribution in [-0.4, -0.2) is 35.3 Å². The van der Waals surface area contributed by atoms with Gasteiger partial charge in [-0.2, -0.15) is 0 Å². The summed E-state index contributed by atoms with van der Waals surface area (Å²) in [6.07, 6.45) is 1.72. The highest BCUT2D eigenvalue weighted by Crippen LogP contribution is 2.20. The Balaban J connectivity index is 2.31. The first-order chi connectivity index (χ1) is 6.87. The normalized spacial score (nSPS) is 23.9. The SMILES string of the molecule is CC(C)(C)CC(=O)ON1CCCC(O)C1. The Kier molecular flexibility index (Phi) is 4.11. The maximum Gasteiger partial charge on any atom is 0.325 e. The molecule has 0 aromatic heterocycles. The van der Waals surface area contributed by atoms with Gasteiger partial charge in [-0.3, -0.25) is 4.79 Å². The minimum absolute atomic E-state index is 0.0501. The molecule has 1 aliphatic rings. The summed E-state index contributed by atoms with van der Waals surface area (Å²) in [5, 5.41) is 11.0. The molecule has 0 aromatic rings. The number of piperidine rings is 1. The highest BCUT2D eigenvalue weighted by Gasteiger charge is 2.23. The van der Waals surface area contributed by atoms with Crippen LogP contribution in [0.3, 0.4) is 0 Å². The third-order valence-electron chi connectivity index (χ3n) is 2.26. The molecular formula is C11H21NO3. The van der Waals surface area contributed by atoms with E-state index in [1.807, 2.05) is 20.8 Å². The van der Waals surface area contributed by atoms with Crippen LogP contribution in [0.1, 0.15) is 40.0 Å². The number of hydrogen-bond donors (Lipinski definition) is 1. The van der Waals surface area contributed by atoms with Gasteiger partial charge in [0.05, 0.1) is 19.1 Å². The van der Waals surface area contributed by atoms with E-state index >= 15 is 0 Å². The summed E-state index contributed by atoms with van der Waals surface area (Å²) in [6.45, 7) is 7.17. The molecule has 4 heteroatoms. The van der Waals surface area contributed by atoms with E-state index in [4.69, 9.17) is 4.84 Å². The average molecular weight is 215 g/mol. The highest BCUT2D eigenvalue weighted by molar-refractivity contribution is 5.69. The molecular weight excluding hydrogens is 194 g/mol. The summed E-state index contributed by atoms with van der Waals surface area (Å²) >= 11 is 0. The minimum Gasteiger partial charge on any atom is -0.392 e. The van der Waals surface area contributed by atoms with Crippen molar-refractivity contribution in [2.24, 2.45) is 5.41 Å². The second-order valence-electron chi connectivity index (χ2n) is 5.38. The number of aliphatic hydroxyl groups is 1. The predicted octanol–water partition coefficient (Wildman–Crippen LogP) is 1.34. The lowest BCUT2D eigenvalue weighted by Gasteiger charge is -2.29. The first-order valence-electron chi connectivity index (χ1n) is 5.51. The van der Waals surface area contributed by atoms with Crippen LogP contribution in [0.25, 0.3) is 0 Å². The van der Waals surface area contributed by atoms with E-state index in [9.17, 15) is 9.90 Å². The van der Waals surface area contributed by atoms with Gasteiger partial charge in [0.15, 0.2) is 0 Å². The van der Waals surface area contributed by atoms with E-state index in [0.717, 1.165) is 19.4 Å². The van der Waals surface area contributed by atoms with Crippen LogP contribution in [0, 0.1) is 5.41 Å². The van der Waals surface area contributed by atoms with E-state index in [1.54, 1.807) is 5.06 Å². The molecule has 1 atom stereocenters. The van der Waals surface area contributed by atoms with Gasteiger partial charge in [0.1, 0.15) is 0 Å². The van der Waals surface area contributed by atoms with E-state index in [2.05, 4.69) is 0 Å². The van der Waals surface area contributed by atoms with Crippen molar-refractivity contribution in [3.05, 3.63) is 0 Å². The molecule has 4 nitrogen and oxygen atoms in total. The van der Waals surface area contributed by atoms with Crippen LogP contribution in [0.15, 0.2) is 0 Å². The molecule has 0 amide bonds. The topological polar surface area (TPSA) is 49.8 Å². The van der Waals surface area contributed by atoms with E-state index in [1.165, 1.54) is 0 Å². The second kappa shape index (κ2) is 4.94. The van der Waals surface area contributed by atoms with Crippen LogP contribution in [0.4, 0.5) is 0 Å². The van der Waals surface area contributed by atoms with Crippen LogP contribution < -0.4 is 0 Å². The van der Waals surface area contributed by atoms with E-state index in [-0.39, 0.29) is 17.5 Å². The zero-order valence-corrected chi connectivity index (χ0v) is 9.82. The molecule has 0 bridgehead atoms. The number of rotatable bonds is 2. The number of aliphatic hydroxyl groups excluding tert-OH is 1. The van der Waals surface area contributed by atoms with Gasteiger partial charge in [0.2, 0.25) is 0 Å². The summed E-state index contributed by atoms with van der Waals surface area (Å²) < 4.78 is 0. The van der Waals surface area contributed by atoms with Gasteiger partial charge in [-0.1, -0.05) is 20.8 Å². The van der Waals surface area contributed by atoms with Gasteiger partial charge in [-0.25, -0.2) is 0 Å². The Morgan fingerprint density at radius 2 is 2.20 bits per heavy atom. The first kappa shape index (κ1) is 12.5. The molecule has 0 saturated carbocycles. The van der Waals surface area contributed by atoms with Crippen molar-refractivity contribution in [2.45, 2.75) is 46.1 Å². The largest absolute Gasteiger partial charge is 0.392 e. The summed E-state index contributed by atoms with van der Waals surface area (Å²) in [5.74, 6) is -0.211. The number of carbonyl (C=O) groups excluding carboxylic acids is 1. The molecule has 1 saturated heterocycles. The van der Waals surface area contributed by atoms with Gasteiger partial charge in [0.25, 0.3) is 0 Å². The maximum atomic E-state index is 11.5. The molecule has 1 aliphatic heterocycles. The number of hydroxylamine groups is 2. The monoisotopic (exact) mass is 215 g/mol. The van der Waals surface area contributed by atoms with E-state index in [0.29, 0.717) is 13.0 Å². The molecule has 1 N–H and O–H groups in total. The van der Waals surface area contributed by atoms with Gasteiger partial charge in [0, 0.05) is 6.54 Å². The number of carbonyl (C=O) groups is 1. The fourth-order valence-corrected chi connectivity index (χ4v) is 1.61. The third-order valence-corrected chi connectivity index (χ3v) is 2.26. The minimum atomic E-state index is -0.360. The average Bonchev–Trinajstić information content (AvgIpc) is 1.99. The van der Waals surface area contributed by atoms with Crippen molar-refractivity contribution in [2.75, 3.05) is 13.1 Å². The number of β-amino-alcohol motifs (C(OH)–C–C–N with tert-alkyl or cyclic N) is 1. The Labute approximate surface area is 91.2 Å². The third kappa shape index (κ3) is 5.14. The Hall–Kier alpha value is -0.610. The van der Waals surface area contributed by atoms with Gasteiger partial charge >= 0.3 is 5.97 Å². The van der Waals surface area contributed by atoms with Crippen molar-refractivity contribution in [1.29, 1.82) is 0 Å². The molecule has 0 spiro atoms. The molecule has 15 heavy (non-hydrogen) atoms. The Morgan fingerprint density at radius 1 is 1.53 bits per heavy atom. The van der Waals surface area contributed by atoms with Crippen LogP contribution in [0.2, 0.25) is 0 Å². The molecule has 0 radical (unpaired) electrons. The first-order valence-corrected chi connectivity index (χ1v) is 5.51. The van der Waals surface area contributed by atoms with Crippen molar-refractivity contribution in [1.82, 2.24) is 5.06 Å². The second-order valence-corrected chi connectivity index (χ2v) is 5.38. The van der Waals surface area contributed by atoms with Gasteiger partial charge in [-0.15, -0.1) is 5.06 Å². The van der Waals surface area contributed by atoms with Crippen molar-refractivity contribution in [3.8, 4) is 0 Å². The lowest BCUT2D eigenvalue weighted by molar-refractivity contribution is -0.203. The zero-order chi connectivity index (χ0) is 11.5. The van der Waals surface area contributed by atoms with Crippen molar-refractivity contribution < 1.29 is 14.7 Å². The summed E-state index contributed by atoms with van der Waals surface area (Å²) in [5.41, 5.74) is -0.0501. The maximum absolute atomic E-state index is 11.5. The predicted molar refractivity (Wildman–Crippen MR) is 57.0 cm³/mol. The molecule has 0 aromatic carbocycles. The molecule has 0 aliphatic carbocycles. The quantitative estimate of drug-likeness (QED) is 0.755. The van der Waals surface area contributed by atoms with Gasteiger partial charge in [-0.05, 0) is 18.3 Å². The van der Waals surface area contributed by atoms with Crippen LogP contribution >= 0.6 is 0 Å². The van der Waals surface area contributed by atoms with Crippen LogP contribution in [0.5, 0.6) is 0 Å². The summed E-state index contributed by atoms with van der Waals surface area (Å²) in [7, 11) is 0. The summed E-state index contributed by atoms with van der Waals surface area (Å²) in [6, 6.07) is 0. The molecule has 1 fully saturated rings.